The van der Waals surface area contributed by atoms with E-state index in [0.717, 1.165) is 5.56 Å². The van der Waals surface area contributed by atoms with Crippen molar-refractivity contribution in [2.45, 2.75) is 13.2 Å². The van der Waals surface area contributed by atoms with E-state index < -0.39 is 0 Å². The first-order valence-corrected chi connectivity index (χ1v) is 3.25. The summed E-state index contributed by atoms with van der Waals surface area (Å²) in [6.07, 6.45) is -0.0961. The second-order valence-electron chi connectivity index (χ2n) is 2.38. The fourth-order valence-corrected chi connectivity index (χ4v) is 0.983. The zero-order valence-electron chi connectivity index (χ0n) is 5.70. The van der Waals surface area contributed by atoms with Crippen molar-refractivity contribution in [3.8, 4) is 0 Å². The summed E-state index contributed by atoms with van der Waals surface area (Å²) in [5, 5.41) is 0. The van der Waals surface area contributed by atoms with Crippen LogP contribution in [0.15, 0.2) is 24.3 Å². The summed E-state index contributed by atoms with van der Waals surface area (Å²) in [7, 11) is 0. The van der Waals surface area contributed by atoms with Gasteiger partial charge in [-0.2, -0.15) is 9.78 Å². The Morgan fingerprint density at radius 1 is 1.20 bits per heavy atom. The van der Waals surface area contributed by atoms with Gasteiger partial charge in [0.15, 0.2) is 0 Å². The van der Waals surface area contributed by atoms with Crippen LogP contribution in [0.4, 0.5) is 0 Å². The molecule has 0 saturated carbocycles. The molecule has 52 valence electrons. The fraction of sp³-hybridized carbons (Fsp3) is 0.250. The Bertz CT molecular complexity index is 241. The molecule has 1 heterocycles. The number of hydrogen-bond acceptors (Lipinski definition) is 2. The van der Waals surface area contributed by atoms with Gasteiger partial charge in [0.2, 0.25) is 6.29 Å². The van der Waals surface area contributed by atoms with Crippen LogP contribution in [0.1, 0.15) is 17.4 Å². The predicted molar refractivity (Wildman–Crippen MR) is 36.1 cm³/mol. The molecule has 1 saturated heterocycles. The summed E-state index contributed by atoms with van der Waals surface area (Å²) in [6.45, 7) is 2.04. The Morgan fingerprint density at radius 2 is 1.90 bits per heavy atom. The lowest BCUT2D eigenvalue weighted by molar-refractivity contribution is 0.0850. The minimum atomic E-state index is -0.0961. The average Bonchev–Trinajstić information content (AvgIpc) is 2.71. The van der Waals surface area contributed by atoms with Crippen molar-refractivity contribution in [2.75, 3.05) is 0 Å². The first kappa shape index (κ1) is 5.89. The summed E-state index contributed by atoms with van der Waals surface area (Å²) in [5.41, 5.74) is 2.34. The molecule has 1 aromatic carbocycles. The predicted octanol–water partition coefficient (Wildman–Crippen LogP) is 1.96. The SMILES string of the molecule is Cc1ccccc1C1OO1. The molecule has 2 rings (SSSR count). The van der Waals surface area contributed by atoms with E-state index in [1.54, 1.807) is 0 Å². The van der Waals surface area contributed by atoms with Crippen molar-refractivity contribution < 1.29 is 9.78 Å². The quantitative estimate of drug-likeness (QED) is 0.435. The summed E-state index contributed by atoms with van der Waals surface area (Å²) in [5.74, 6) is 0. The minimum Gasteiger partial charge on any atom is -0.193 e. The monoisotopic (exact) mass is 136 g/mol. The Balaban J connectivity index is 2.39. The maximum absolute atomic E-state index is 4.68. The van der Waals surface area contributed by atoms with Gasteiger partial charge in [-0.05, 0) is 12.5 Å². The van der Waals surface area contributed by atoms with Gasteiger partial charge in [-0.25, -0.2) is 0 Å². The third kappa shape index (κ3) is 0.916. The number of aryl methyl sites for hydroxylation is 1. The number of rotatable bonds is 1. The number of benzene rings is 1. The molecular formula is C8H8O2. The lowest BCUT2D eigenvalue weighted by Gasteiger charge is -1.95. The van der Waals surface area contributed by atoms with E-state index >= 15 is 0 Å². The lowest BCUT2D eigenvalue weighted by atomic mass is 10.1. The van der Waals surface area contributed by atoms with Crippen LogP contribution < -0.4 is 0 Å². The second-order valence-corrected chi connectivity index (χ2v) is 2.38. The average molecular weight is 136 g/mol. The number of hydrogen-bond donors (Lipinski definition) is 0. The Labute approximate surface area is 59.3 Å². The Morgan fingerprint density at radius 3 is 2.50 bits per heavy atom. The van der Waals surface area contributed by atoms with Gasteiger partial charge in [-0.15, -0.1) is 0 Å². The highest BCUT2D eigenvalue weighted by Crippen LogP contribution is 2.33. The van der Waals surface area contributed by atoms with Crippen LogP contribution in [-0.4, -0.2) is 0 Å². The summed E-state index contributed by atoms with van der Waals surface area (Å²) >= 11 is 0. The van der Waals surface area contributed by atoms with Crippen molar-refractivity contribution >= 4 is 0 Å². The third-order valence-electron chi connectivity index (χ3n) is 1.63. The van der Waals surface area contributed by atoms with Crippen molar-refractivity contribution in [3.63, 3.8) is 0 Å². The molecule has 0 radical (unpaired) electrons. The van der Waals surface area contributed by atoms with Crippen molar-refractivity contribution in [3.05, 3.63) is 35.4 Å². The third-order valence-corrected chi connectivity index (χ3v) is 1.63. The van der Waals surface area contributed by atoms with E-state index in [4.69, 9.17) is 0 Å². The van der Waals surface area contributed by atoms with E-state index in [0.29, 0.717) is 0 Å². The molecule has 0 amide bonds. The standard InChI is InChI=1S/C8H8O2/c1-6-4-2-3-5-7(6)8-9-10-8/h2-5,8H,1H3. The highest BCUT2D eigenvalue weighted by Gasteiger charge is 2.28. The van der Waals surface area contributed by atoms with E-state index in [1.807, 2.05) is 31.2 Å². The molecule has 2 heteroatoms. The fourth-order valence-electron chi connectivity index (χ4n) is 0.983. The molecule has 0 N–H and O–H groups in total. The molecule has 10 heavy (non-hydrogen) atoms. The Hall–Kier alpha value is -0.860. The smallest absolute Gasteiger partial charge is 0.193 e. The maximum atomic E-state index is 4.68. The van der Waals surface area contributed by atoms with Crippen molar-refractivity contribution in [1.29, 1.82) is 0 Å². The maximum Gasteiger partial charge on any atom is 0.250 e. The van der Waals surface area contributed by atoms with Crippen LogP contribution in [-0.2, 0) is 9.78 Å². The van der Waals surface area contributed by atoms with E-state index in [1.165, 1.54) is 5.56 Å². The summed E-state index contributed by atoms with van der Waals surface area (Å²) < 4.78 is 0. The van der Waals surface area contributed by atoms with Crippen LogP contribution in [0.5, 0.6) is 0 Å². The van der Waals surface area contributed by atoms with Gasteiger partial charge in [-0.1, -0.05) is 24.3 Å². The van der Waals surface area contributed by atoms with Crippen molar-refractivity contribution in [2.24, 2.45) is 0 Å². The van der Waals surface area contributed by atoms with Crippen LogP contribution >= 0.6 is 0 Å². The molecule has 1 fully saturated rings. The van der Waals surface area contributed by atoms with Gasteiger partial charge >= 0.3 is 0 Å². The first-order chi connectivity index (χ1) is 4.88. The highest BCUT2D eigenvalue weighted by molar-refractivity contribution is 5.27. The minimum absolute atomic E-state index is 0.0961. The first-order valence-electron chi connectivity index (χ1n) is 3.25. The summed E-state index contributed by atoms with van der Waals surface area (Å²) in [4.78, 5) is 9.35. The molecule has 1 aromatic rings. The van der Waals surface area contributed by atoms with Crippen molar-refractivity contribution in [1.82, 2.24) is 0 Å². The van der Waals surface area contributed by atoms with Crippen LogP contribution in [0.3, 0.4) is 0 Å². The van der Waals surface area contributed by atoms with Gasteiger partial charge in [0, 0.05) is 5.56 Å². The molecule has 0 bridgehead atoms. The molecule has 1 aliphatic heterocycles. The summed E-state index contributed by atoms with van der Waals surface area (Å²) in [6, 6.07) is 8.03. The lowest BCUT2D eigenvalue weighted by Crippen LogP contribution is -1.83. The van der Waals surface area contributed by atoms with Crippen LogP contribution in [0, 0.1) is 6.92 Å². The van der Waals surface area contributed by atoms with Crippen LogP contribution in [0.2, 0.25) is 0 Å². The van der Waals surface area contributed by atoms with E-state index in [2.05, 4.69) is 9.78 Å². The zero-order chi connectivity index (χ0) is 6.97. The molecule has 0 atom stereocenters. The second kappa shape index (κ2) is 2.08. The molecule has 0 spiro atoms. The van der Waals surface area contributed by atoms with E-state index in [9.17, 15) is 0 Å². The largest absolute Gasteiger partial charge is 0.250 e. The van der Waals surface area contributed by atoms with Crippen LogP contribution in [0.25, 0.3) is 0 Å². The highest BCUT2D eigenvalue weighted by atomic mass is 17.4. The molecule has 0 unspecified atom stereocenters. The van der Waals surface area contributed by atoms with E-state index in [-0.39, 0.29) is 6.29 Å². The van der Waals surface area contributed by atoms with Gasteiger partial charge in [-0.3, -0.25) is 0 Å². The van der Waals surface area contributed by atoms with Gasteiger partial charge < -0.3 is 0 Å². The molecule has 2 nitrogen and oxygen atoms in total. The zero-order valence-corrected chi connectivity index (χ0v) is 5.70. The molecule has 0 aliphatic carbocycles. The molecule has 1 aliphatic rings. The van der Waals surface area contributed by atoms with Gasteiger partial charge in [0.25, 0.3) is 0 Å². The van der Waals surface area contributed by atoms with Gasteiger partial charge in [0.05, 0.1) is 0 Å². The van der Waals surface area contributed by atoms with Gasteiger partial charge in [0.1, 0.15) is 0 Å². The molecular weight excluding hydrogens is 128 g/mol. The molecule has 0 aromatic heterocycles. The Kier molecular flexibility index (Phi) is 1.22. The normalized spacial score (nSPS) is 17.3. The topological polar surface area (TPSA) is 25.1 Å².